The molecule has 2 aromatic rings. The lowest BCUT2D eigenvalue weighted by Crippen LogP contribution is -2.13. The quantitative estimate of drug-likeness (QED) is 0.757. The average Bonchev–Trinajstić information content (AvgIpc) is 2.55. The molecule has 1 N–H and O–H groups in total. The van der Waals surface area contributed by atoms with Crippen LogP contribution in [0.5, 0.6) is 11.5 Å². The van der Waals surface area contributed by atoms with E-state index in [0.717, 1.165) is 17.1 Å². The summed E-state index contributed by atoms with van der Waals surface area (Å²) in [6, 6.07) is 11.2. The number of anilines is 1. The minimum Gasteiger partial charge on any atom is -0.494 e. The highest BCUT2D eigenvalue weighted by molar-refractivity contribution is 5.89. The first kappa shape index (κ1) is 16.8. The number of amides is 1. The summed E-state index contributed by atoms with van der Waals surface area (Å²) in [5, 5.41) is 2.77. The highest BCUT2D eigenvalue weighted by Crippen LogP contribution is 2.17. The van der Waals surface area contributed by atoms with Gasteiger partial charge >= 0.3 is 0 Å². The van der Waals surface area contributed by atoms with E-state index in [1.165, 1.54) is 0 Å². The van der Waals surface area contributed by atoms with E-state index < -0.39 is 0 Å². The van der Waals surface area contributed by atoms with Gasteiger partial charge in [0.05, 0.1) is 13.2 Å². The average molecular weight is 314 g/mol. The van der Waals surface area contributed by atoms with E-state index in [4.69, 9.17) is 9.47 Å². The summed E-state index contributed by atoms with van der Waals surface area (Å²) in [7, 11) is 0. The molecule has 2 rings (SSSR count). The van der Waals surface area contributed by atoms with Gasteiger partial charge in [-0.15, -0.1) is 0 Å². The van der Waals surface area contributed by atoms with Crippen molar-refractivity contribution in [1.82, 2.24) is 4.98 Å². The number of pyridine rings is 1. The highest BCUT2D eigenvalue weighted by atomic mass is 16.5. The third-order valence-corrected chi connectivity index (χ3v) is 3.13. The van der Waals surface area contributed by atoms with E-state index in [2.05, 4.69) is 10.3 Å². The summed E-state index contributed by atoms with van der Waals surface area (Å²) >= 11 is 0. The van der Waals surface area contributed by atoms with Gasteiger partial charge in [0.1, 0.15) is 17.3 Å². The van der Waals surface area contributed by atoms with Crippen LogP contribution >= 0.6 is 0 Å². The summed E-state index contributed by atoms with van der Waals surface area (Å²) in [6.45, 7) is 5.03. The third-order valence-electron chi connectivity index (χ3n) is 3.13. The first-order valence-corrected chi connectivity index (χ1v) is 7.75. The molecule has 5 nitrogen and oxygen atoms in total. The van der Waals surface area contributed by atoms with E-state index in [1.807, 2.05) is 44.2 Å². The van der Waals surface area contributed by atoms with Crippen molar-refractivity contribution < 1.29 is 14.3 Å². The Kier molecular flexibility index (Phi) is 6.41. The number of carbonyl (C=O) groups excluding carboxylic acids is 1. The predicted octanol–water partition coefficient (Wildman–Crippen LogP) is 3.59. The van der Waals surface area contributed by atoms with Gasteiger partial charge in [-0.1, -0.05) is 6.07 Å². The topological polar surface area (TPSA) is 60.5 Å². The first-order chi connectivity index (χ1) is 11.2. The Bertz CT molecular complexity index is 609. The summed E-state index contributed by atoms with van der Waals surface area (Å²) in [5.74, 6) is 2.11. The van der Waals surface area contributed by atoms with Gasteiger partial charge in [0.15, 0.2) is 0 Å². The fraction of sp³-hybridized carbons (Fsp3) is 0.333. The van der Waals surface area contributed by atoms with Crippen molar-refractivity contribution >= 4 is 11.7 Å². The van der Waals surface area contributed by atoms with Crippen LogP contribution in [0, 0.1) is 6.92 Å². The zero-order valence-electron chi connectivity index (χ0n) is 13.5. The molecule has 1 amide bonds. The number of aromatic nitrogens is 1. The second-order valence-corrected chi connectivity index (χ2v) is 5.13. The van der Waals surface area contributed by atoms with Gasteiger partial charge in [0.25, 0.3) is 0 Å². The molecule has 23 heavy (non-hydrogen) atoms. The van der Waals surface area contributed by atoms with Gasteiger partial charge in [0, 0.05) is 12.6 Å². The molecule has 0 fully saturated rings. The van der Waals surface area contributed by atoms with Crippen molar-refractivity contribution in [2.24, 2.45) is 0 Å². The number of rotatable bonds is 8. The van der Waals surface area contributed by atoms with Crippen LogP contribution in [0.1, 0.15) is 25.3 Å². The summed E-state index contributed by atoms with van der Waals surface area (Å²) in [6.07, 6.45) is 2.77. The molecule has 122 valence electrons. The maximum absolute atomic E-state index is 11.8. The molecule has 5 heteroatoms. The highest BCUT2D eigenvalue weighted by Gasteiger charge is 2.03. The second kappa shape index (κ2) is 8.78. The normalized spacial score (nSPS) is 10.2. The van der Waals surface area contributed by atoms with Crippen molar-refractivity contribution in [3.63, 3.8) is 0 Å². The van der Waals surface area contributed by atoms with E-state index in [1.54, 1.807) is 12.3 Å². The van der Waals surface area contributed by atoms with Crippen LogP contribution in [0.3, 0.4) is 0 Å². The minimum absolute atomic E-state index is 0.0587. The Morgan fingerprint density at radius 3 is 2.39 bits per heavy atom. The molecule has 0 aliphatic heterocycles. The van der Waals surface area contributed by atoms with E-state index in [9.17, 15) is 4.79 Å². The van der Waals surface area contributed by atoms with Gasteiger partial charge in [-0.25, -0.2) is 4.98 Å². The van der Waals surface area contributed by atoms with Crippen LogP contribution < -0.4 is 14.8 Å². The minimum atomic E-state index is -0.0587. The van der Waals surface area contributed by atoms with Crippen LogP contribution in [0.25, 0.3) is 0 Å². The SMILES string of the molecule is CCOc1ccc(OCCCC(=O)Nc2ccc(C)cn2)cc1. The Hall–Kier alpha value is -2.56. The maximum atomic E-state index is 11.8. The molecule has 0 bridgehead atoms. The molecule has 1 heterocycles. The van der Waals surface area contributed by atoms with Gasteiger partial charge < -0.3 is 14.8 Å². The Morgan fingerprint density at radius 2 is 1.78 bits per heavy atom. The van der Waals surface area contributed by atoms with Crippen LogP contribution in [0.2, 0.25) is 0 Å². The molecule has 0 spiro atoms. The first-order valence-electron chi connectivity index (χ1n) is 7.75. The monoisotopic (exact) mass is 314 g/mol. The molecule has 0 saturated heterocycles. The number of nitrogens with one attached hydrogen (secondary N) is 1. The zero-order valence-corrected chi connectivity index (χ0v) is 13.5. The number of ether oxygens (including phenoxy) is 2. The standard InChI is InChI=1S/C18H22N2O3/c1-3-22-15-7-9-16(10-8-15)23-12-4-5-18(21)20-17-11-6-14(2)13-19-17/h6-11,13H,3-5,12H2,1-2H3,(H,19,20,21). The van der Waals surface area contributed by atoms with Crippen molar-refractivity contribution in [2.45, 2.75) is 26.7 Å². The molecule has 1 aromatic carbocycles. The van der Waals surface area contributed by atoms with E-state index in [-0.39, 0.29) is 5.91 Å². The third kappa shape index (κ3) is 5.98. The molecule has 0 aliphatic rings. The molecular formula is C18H22N2O3. The van der Waals surface area contributed by atoms with E-state index in [0.29, 0.717) is 31.9 Å². The van der Waals surface area contributed by atoms with Crippen molar-refractivity contribution in [3.8, 4) is 11.5 Å². The molecule has 1 aromatic heterocycles. The number of hydrogen-bond donors (Lipinski definition) is 1. The lowest BCUT2D eigenvalue weighted by molar-refractivity contribution is -0.116. The van der Waals surface area contributed by atoms with E-state index >= 15 is 0 Å². The lowest BCUT2D eigenvalue weighted by Gasteiger charge is -2.08. The van der Waals surface area contributed by atoms with Gasteiger partial charge in [-0.05, 0) is 56.2 Å². The van der Waals surface area contributed by atoms with Gasteiger partial charge in [0.2, 0.25) is 5.91 Å². The Labute approximate surface area is 136 Å². The number of hydrogen-bond acceptors (Lipinski definition) is 4. The summed E-state index contributed by atoms with van der Waals surface area (Å²) < 4.78 is 11.0. The van der Waals surface area contributed by atoms with Crippen LogP contribution in [-0.2, 0) is 4.79 Å². The number of nitrogens with zero attached hydrogens (tertiary/aromatic N) is 1. The largest absolute Gasteiger partial charge is 0.494 e. The van der Waals surface area contributed by atoms with Crippen molar-refractivity contribution in [2.75, 3.05) is 18.5 Å². The number of benzene rings is 1. The van der Waals surface area contributed by atoms with Crippen LogP contribution in [0.4, 0.5) is 5.82 Å². The molecule has 0 radical (unpaired) electrons. The fourth-order valence-corrected chi connectivity index (χ4v) is 1.97. The van der Waals surface area contributed by atoms with Gasteiger partial charge in [-0.2, -0.15) is 0 Å². The molecule has 0 atom stereocenters. The van der Waals surface area contributed by atoms with Crippen molar-refractivity contribution in [3.05, 3.63) is 48.2 Å². The number of aryl methyl sites for hydroxylation is 1. The Balaban J connectivity index is 1.66. The summed E-state index contributed by atoms with van der Waals surface area (Å²) in [4.78, 5) is 15.9. The zero-order chi connectivity index (χ0) is 16.5. The molecule has 0 aliphatic carbocycles. The van der Waals surface area contributed by atoms with Gasteiger partial charge in [-0.3, -0.25) is 4.79 Å². The number of carbonyl (C=O) groups is 1. The fourth-order valence-electron chi connectivity index (χ4n) is 1.97. The lowest BCUT2D eigenvalue weighted by atomic mass is 10.3. The summed E-state index contributed by atoms with van der Waals surface area (Å²) in [5.41, 5.74) is 1.06. The van der Waals surface area contributed by atoms with Crippen molar-refractivity contribution in [1.29, 1.82) is 0 Å². The van der Waals surface area contributed by atoms with Crippen LogP contribution in [-0.4, -0.2) is 24.1 Å². The van der Waals surface area contributed by atoms with Crippen LogP contribution in [0.15, 0.2) is 42.6 Å². The Morgan fingerprint density at radius 1 is 1.09 bits per heavy atom. The molecular weight excluding hydrogens is 292 g/mol. The maximum Gasteiger partial charge on any atom is 0.225 e. The predicted molar refractivity (Wildman–Crippen MR) is 89.9 cm³/mol. The smallest absolute Gasteiger partial charge is 0.225 e. The second-order valence-electron chi connectivity index (χ2n) is 5.13. The molecule has 0 saturated carbocycles. The molecule has 0 unspecified atom stereocenters.